The predicted octanol–water partition coefficient (Wildman–Crippen LogP) is 3.92. The number of aromatic nitrogens is 5. The van der Waals surface area contributed by atoms with Gasteiger partial charge in [0.2, 0.25) is 0 Å². The third kappa shape index (κ3) is 4.52. The van der Waals surface area contributed by atoms with Crippen LogP contribution in [-0.2, 0) is 13.0 Å². The molecule has 0 atom stereocenters. The number of pyridine rings is 1. The largest absolute Gasteiger partial charge is 0.351 e. The summed E-state index contributed by atoms with van der Waals surface area (Å²) < 4.78 is 3.76. The lowest BCUT2D eigenvalue weighted by Gasteiger charge is -2.05. The number of aryl methyl sites for hydroxylation is 1. The van der Waals surface area contributed by atoms with E-state index in [9.17, 15) is 4.79 Å². The van der Waals surface area contributed by atoms with Gasteiger partial charge in [0.1, 0.15) is 11.5 Å². The fraction of sp³-hybridized carbons (Fsp3) is 0.154. The summed E-state index contributed by atoms with van der Waals surface area (Å²) in [6.45, 7) is 3.09. The number of hydrogen-bond donors (Lipinski definition) is 1. The summed E-state index contributed by atoms with van der Waals surface area (Å²) in [5.41, 5.74) is 5.23. The van der Waals surface area contributed by atoms with Gasteiger partial charge in [-0.15, -0.1) is 10.2 Å². The molecule has 1 amide bonds. The molecule has 0 unspecified atom stereocenters. The van der Waals surface area contributed by atoms with Crippen LogP contribution in [0, 0.1) is 6.92 Å². The number of nitrogens with zero attached hydrogens (tertiary/aromatic N) is 5. The molecule has 0 aliphatic carbocycles. The quantitative estimate of drug-likeness (QED) is 0.420. The van der Waals surface area contributed by atoms with Crippen molar-refractivity contribution in [2.75, 3.05) is 6.54 Å². The third-order valence-electron chi connectivity index (χ3n) is 5.54. The first-order valence-electron chi connectivity index (χ1n) is 10.9. The van der Waals surface area contributed by atoms with Crippen LogP contribution in [0.3, 0.4) is 0 Å². The van der Waals surface area contributed by atoms with E-state index in [0.29, 0.717) is 30.8 Å². The number of hydrogen-bond acceptors (Lipinski definition) is 4. The third-order valence-corrected chi connectivity index (χ3v) is 5.54. The molecule has 3 aromatic heterocycles. The normalized spacial score (nSPS) is 11.1. The van der Waals surface area contributed by atoms with Crippen LogP contribution in [0.25, 0.3) is 16.9 Å². The maximum Gasteiger partial charge on any atom is 0.255 e. The van der Waals surface area contributed by atoms with Crippen molar-refractivity contribution in [3.05, 3.63) is 108 Å². The smallest absolute Gasteiger partial charge is 0.255 e. The molecule has 164 valence electrons. The highest BCUT2D eigenvalue weighted by Gasteiger charge is 2.18. The number of benzene rings is 2. The number of amides is 1. The fourth-order valence-corrected chi connectivity index (χ4v) is 3.81. The van der Waals surface area contributed by atoms with Gasteiger partial charge >= 0.3 is 0 Å². The highest BCUT2D eigenvalue weighted by molar-refractivity contribution is 5.99. The van der Waals surface area contributed by atoms with Crippen molar-refractivity contribution in [2.24, 2.45) is 0 Å². The molecule has 0 fully saturated rings. The highest BCUT2D eigenvalue weighted by atomic mass is 16.1. The summed E-state index contributed by atoms with van der Waals surface area (Å²) >= 11 is 0. The van der Waals surface area contributed by atoms with Crippen LogP contribution in [0.15, 0.2) is 85.2 Å². The zero-order chi connectivity index (χ0) is 22.6. The van der Waals surface area contributed by atoms with Gasteiger partial charge in [0.25, 0.3) is 5.91 Å². The van der Waals surface area contributed by atoms with E-state index in [0.717, 1.165) is 28.2 Å². The van der Waals surface area contributed by atoms with Crippen molar-refractivity contribution in [1.82, 2.24) is 29.7 Å². The van der Waals surface area contributed by atoms with Gasteiger partial charge in [0, 0.05) is 30.9 Å². The van der Waals surface area contributed by atoms with E-state index >= 15 is 0 Å². The lowest BCUT2D eigenvalue weighted by Crippen LogP contribution is -2.26. The molecule has 0 saturated carbocycles. The molecule has 7 heteroatoms. The Balaban J connectivity index is 1.36. The van der Waals surface area contributed by atoms with E-state index in [1.807, 2.05) is 89.1 Å². The monoisotopic (exact) mass is 436 g/mol. The second-order valence-electron chi connectivity index (χ2n) is 7.99. The van der Waals surface area contributed by atoms with Gasteiger partial charge in [0.15, 0.2) is 5.65 Å². The molecule has 7 nitrogen and oxygen atoms in total. The minimum atomic E-state index is -0.154. The van der Waals surface area contributed by atoms with Crippen LogP contribution < -0.4 is 5.32 Å². The van der Waals surface area contributed by atoms with Crippen LogP contribution in [0.5, 0.6) is 0 Å². The molecule has 0 bridgehead atoms. The summed E-state index contributed by atoms with van der Waals surface area (Å²) in [6, 6.07) is 23.9. The zero-order valence-electron chi connectivity index (χ0n) is 18.3. The second-order valence-corrected chi connectivity index (χ2v) is 7.99. The average Bonchev–Trinajstić information content (AvgIpc) is 3.45. The molecule has 0 spiro atoms. The minimum absolute atomic E-state index is 0.154. The Hall–Kier alpha value is -4.26. The van der Waals surface area contributed by atoms with Crippen molar-refractivity contribution in [1.29, 1.82) is 0 Å². The van der Waals surface area contributed by atoms with E-state index in [-0.39, 0.29) is 5.91 Å². The van der Waals surface area contributed by atoms with Gasteiger partial charge < -0.3 is 5.32 Å². The number of fused-ring (bicyclic) bond motifs is 1. The first-order chi connectivity index (χ1) is 16.2. The SMILES string of the molecule is Cc1ccc(-c2nn(Cc3ccccc3)cc2C(=O)NCCc2nnc3ccccn23)cc1. The average molecular weight is 437 g/mol. The van der Waals surface area contributed by atoms with Crippen LogP contribution in [0.2, 0.25) is 0 Å². The van der Waals surface area contributed by atoms with Gasteiger partial charge in [-0.2, -0.15) is 5.10 Å². The summed E-state index contributed by atoms with van der Waals surface area (Å²) in [5, 5.41) is 16.2. The number of carbonyl (C=O) groups excluding carboxylic acids is 1. The van der Waals surface area contributed by atoms with Gasteiger partial charge in [-0.05, 0) is 24.6 Å². The van der Waals surface area contributed by atoms with Crippen molar-refractivity contribution in [2.45, 2.75) is 19.9 Å². The van der Waals surface area contributed by atoms with Crippen molar-refractivity contribution in [3.8, 4) is 11.3 Å². The molecule has 0 saturated heterocycles. The molecular formula is C26H24N6O. The molecule has 5 aromatic rings. The predicted molar refractivity (Wildman–Crippen MR) is 127 cm³/mol. The lowest BCUT2D eigenvalue weighted by atomic mass is 10.1. The molecule has 2 aromatic carbocycles. The Morgan fingerprint density at radius 3 is 2.55 bits per heavy atom. The van der Waals surface area contributed by atoms with Gasteiger partial charge in [0.05, 0.1) is 12.1 Å². The fourth-order valence-electron chi connectivity index (χ4n) is 3.81. The van der Waals surface area contributed by atoms with Gasteiger partial charge in [-0.3, -0.25) is 13.9 Å². The van der Waals surface area contributed by atoms with Crippen molar-refractivity contribution >= 4 is 11.6 Å². The lowest BCUT2D eigenvalue weighted by molar-refractivity contribution is 0.0954. The molecule has 0 radical (unpaired) electrons. The molecular weight excluding hydrogens is 412 g/mol. The number of nitrogens with one attached hydrogen (secondary N) is 1. The van der Waals surface area contributed by atoms with Crippen LogP contribution >= 0.6 is 0 Å². The Morgan fingerprint density at radius 2 is 1.73 bits per heavy atom. The maximum absolute atomic E-state index is 13.2. The van der Waals surface area contributed by atoms with E-state index < -0.39 is 0 Å². The summed E-state index contributed by atoms with van der Waals surface area (Å²) in [7, 11) is 0. The molecule has 0 aliphatic heterocycles. The van der Waals surface area contributed by atoms with Crippen molar-refractivity contribution in [3.63, 3.8) is 0 Å². The minimum Gasteiger partial charge on any atom is -0.351 e. The first kappa shape index (κ1) is 20.6. The van der Waals surface area contributed by atoms with E-state index in [1.54, 1.807) is 0 Å². The molecule has 33 heavy (non-hydrogen) atoms. The van der Waals surface area contributed by atoms with Crippen LogP contribution in [0.4, 0.5) is 0 Å². The summed E-state index contributed by atoms with van der Waals surface area (Å²) in [5.74, 6) is 0.656. The Kier molecular flexibility index (Phi) is 5.68. The van der Waals surface area contributed by atoms with Crippen molar-refractivity contribution < 1.29 is 4.79 Å². The second kappa shape index (κ2) is 9.08. The first-order valence-corrected chi connectivity index (χ1v) is 10.9. The number of rotatable bonds is 7. The number of carbonyl (C=O) groups is 1. The van der Waals surface area contributed by atoms with Gasteiger partial charge in [-0.25, -0.2) is 0 Å². The standard InChI is InChI=1S/C26H24N6O/c1-19-10-12-21(13-11-19)25-22(18-31(30-25)17-20-7-3-2-4-8-20)26(33)27-15-14-24-29-28-23-9-5-6-16-32(23)24/h2-13,16,18H,14-15,17H2,1H3,(H,27,33). The molecule has 3 heterocycles. The van der Waals surface area contributed by atoms with E-state index in [1.165, 1.54) is 0 Å². The van der Waals surface area contributed by atoms with E-state index in [4.69, 9.17) is 5.10 Å². The van der Waals surface area contributed by atoms with E-state index in [2.05, 4.69) is 27.6 Å². The molecule has 1 N–H and O–H groups in total. The Labute approximate surface area is 191 Å². The zero-order valence-corrected chi connectivity index (χ0v) is 18.3. The maximum atomic E-state index is 13.2. The molecule has 5 rings (SSSR count). The highest BCUT2D eigenvalue weighted by Crippen LogP contribution is 2.23. The Bertz CT molecular complexity index is 1390. The topological polar surface area (TPSA) is 77.1 Å². The Morgan fingerprint density at radius 1 is 0.939 bits per heavy atom. The van der Waals surface area contributed by atoms with Crippen LogP contribution in [-0.4, -0.2) is 36.8 Å². The van der Waals surface area contributed by atoms with Crippen LogP contribution in [0.1, 0.15) is 27.3 Å². The van der Waals surface area contributed by atoms with Gasteiger partial charge in [-0.1, -0.05) is 66.2 Å². The molecule has 0 aliphatic rings. The summed E-state index contributed by atoms with van der Waals surface area (Å²) in [4.78, 5) is 13.2. The summed E-state index contributed by atoms with van der Waals surface area (Å²) in [6.07, 6.45) is 4.33.